The third-order valence-corrected chi connectivity index (χ3v) is 3.40. The monoisotopic (exact) mass is 212 g/mol. The zero-order valence-corrected chi connectivity index (χ0v) is 10.8. The molecule has 1 fully saturated rings. The Bertz CT molecular complexity index is 151. The molecule has 1 aliphatic rings. The largest absolute Gasteiger partial charge is 0.314 e. The van der Waals surface area contributed by atoms with Crippen LogP contribution in [-0.2, 0) is 0 Å². The van der Waals surface area contributed by atoms with Crippen molar-refractivity contribution < 1.29 is 0 Å². The lowest BCUT2D eigenvalue weighted by atomic mass is 10.1. The highest BCUT2D eigenvalue weighted by molar-refractivity contribution is 4.74. The molecule has 1 saturated heterocycles. The summed E-state index contributed by atoms with van der Waals surface area (Å²) in [7, 11) is 0. The molecule has 1 aliphatic heterocycles. The van der Waals surface area contributed by atoms with Crippen molar-refractivity contribution >= 4 is 0 Å². The fourth-order valence-electron chi connectivity index (χ4n) is 2.46. The van der Waals surface area contributed by atoms with Crippen LogP contribution < -0.4 is 5.32 Å². The van der Waals surface area contributed by atoms with Crippen LogP contribution in [0.1, 0.15) is 52.9 Å². The summed E-state index contributed by atoms with van der Waals surface area (Å²) in [6.07, 6.45) is 6.78. The smallest absolute Gasteiger partial charge is 0.00680 e. The van der Waals surface area contributed by atoms with E-state index in [1.54, 1.807) is 0 Å². The molecule has 0 aromatic rings. The minimum atomic E-state index is 0.710. The summed E-state index contributed by atoms with van der Waals surface area (Å²) >= 11 is 0. The van der Waals surface area contributed by atoms with Gasteiger partial charge in [-0.25, -0.2) is 0 Å². The number of hydrogen-bond donors (Lipinski definition) is 1. The predicted octanol–water partition coefficient (Wildman–Crippen LogP) is 2.64. The van der Waals surface area contributed by atoms with E-state index >= 15 is 0 Å². The van der Waals surface area contributed by atoms with Crippen LogP contribution in [0.4, 0.5) is 0 Å². The third kappa shape index (κ3) is 4.98. The van der Waals surface area contributed by atoms with Crippen molar-refractivity contribution in [3.8, 4) is 0 Å². The van der Waals surface area contributed by atoms with Crippen molar-refractivity contribution in [1.82, 2.24) is 10.2 Å². The van der Waals surface area contributed by atoms with Crippen molar-refractivity contribution in [3.63, 3.8) is 0 Å². The van der Waals surface area contributed by atoms with Gasteiger partial charge in [0.2, 0.25) is 0 Å². The summed E-state index contributed by atoms with van der Waals surface area (Å²) in [5.74, 6) is 0. The molecule has 1 atom stereocenters. The molecule has 1 unspecified atom stereocenters. The molecule has 1 N–H and O–H groups in total. The average molecular weight is 212 g/mol. The molecule has 2 heteroatoms. The van der Waals surface area contributed by atoms with E-state index in [-0.39, 0.29) is 0 Å². The molecular formula is C13H28N2. The van der Waals surface area contributed by atoms with Crippen LogP contribution in [0.3, 0.4) is 0 Å². The van der Waals surface area contributed by atoms with Crippen molar-refractivity contribution in [2.45, 2.75) is 65.0 Å². The molecule has 0 radical (unpaired) electrons. The Morgan fingerprint density at radius 3 is 2.67 bits per heavy atom. The quantitative estimate of drug-likeness (QED) is 0.698. The Balaban J connectivity index is 2.09. The third-order valence-electron chi connectivity index (χ3n) is 3.40. The van der Waals surface area contributed by atoms with Gasteiger partial charge in [0.05, 0.1) is 0 Å². The standard InChI is InChI=1S/C13H28N2/c1-4-10-15(12(2)3)11-6-8-13-7-5-9-14-13/h12-14H,4-11H2,1-3H3. The molecular weight excluding hydrogens is 184 g/mol. The summed E-state index contributed by atoms with van der Waals surface area (Å²) in [4.78, 5) is 2.61. The van der Waals surface area contributed by atoms with Gasteiger partial charge < -0.3 is 10.2 Å². The fraction of sp³-hybridized carbons (Fsp3) is 1.00. The van der Waals surface area contributed by atoms with Crippen molar-refractivity contribution in [2.24, 2.45) is 0 Å². The van der Waals surface area contributed by atoms with Crippen LogP contribution in [-0.4, -0.2) is 36.6 Å². The van der Waals surface area contributed by atoms with Crippen LogP contribution in [0, 0.1) is 0 Å². The second kappa shape index (κ2) is 7.24. The Morgan fingerprint density at radius 2 is 2.13 bits per heavy atom. The molecule has 2 nitrogen and oxygen atoms in total. The van der Waals surface area contributed by atoms with Gasteiger partial charge in [0.15, 0.2) is 0 Å². The van der Waals surface area contributed by atoms with Gasteiger partial charge in [-0.3, -0.25) is 0 Å². The first-order valence-electron chi connectivity index (χ1n) is 6.71. The van der Waals surface area contributed by atoms with Crippen LogP contribution in [0.2, 0.25) is 0 Å². The molecule has 0 bridgehead atoms. The fourth-order valence-corrected chi connectivity index (χ4v) is 2.46. The van der Waals surface area contributed by atoms with E-state index in [1.807, 2.05) is 0 Å². The van der Waals surface area contributed by atoms with Gasteiger partial charge in [-0.15, -0.1) is 0 Å². The minimum absolute atomic E-state index is 0.710. The predicted molar refractivity (Wildman–Crippen MR) is 67.3 cm³/mol. The lowest BCUT2D eigenvalue weighted by molar-refractivity contribution is 0.215. The number of hydrogen-bond acceptors (Lipinski definition) is 2. The highest BCUT2D eigenvalue weighted by atomic mass is 15.1. The van der Waals surface area contributed by atoms with E-state index in [0.29, 0.717) is 6.04 Å². The molecule has 0 spiro atoms. The van der Waals surface area contributed by atoms with Gasteiger partial charge in [0, 0.05) is 12.1 Å². The Hall–Kier alpha value is -0.0800. The van der Waals surface area contributed by atoms with E-state index in [9.17, 15) is 0 Å². The van der Waals surface area contributed by atoms with Crippen LogP contribution in [0.25, 0.3) is 0 Å². The molecule has 0 amide bonds. The van der Waals surface area contributed by atoms with Gasteiger partial charge in [-0.2, -0.15) is 0 Å². The Kier molecular flexibility index (Phi) is 6.26. The SMILES string of the molecule is CCCN(CCCC1CCCN1)C(C)C. The molecule has 1 rings (SSSR count). The topological polar surface area (TPSA) is 15.3 Å². The summed E-state index contributed by atoms with van der Waals surface area (Å²) in [6, 6.07) is 1.53. The van der Waals surface area contributed by atoms with E-state index in [0.717, 1.165) is 6.04 Å². The first-order chi connectivity index (χ1) is 7.24. The van der Waals surface area contributed by atoms with E-state index in [1.165, 1.54) is 51.7 Å². The first-order valence-corrected chi connectivity index (χ1v) is 6.71. The minimum Gasteiger partial charge on any atom is -0.314 e. The molecule has 0 saturated carbocycles. The van der Waals surface area contributed by atoms with Crippen LogP contribution >= 0.6 is 0 Å². The first kappa shape index (κ1) is 13.0. The second-order valence-electron chi connectivity index (χ2n) is 5.07. The Labute approximate surface area is 95.4 Å². The van der Waals surface area contributed by atoms with Gasteiger partial charge >= 0.3 is 0 Å². The number of nitrogens with zero attached hydrogens (tertiary/aromatic N) is 1. The molecule has 1 heterocycles. The molecule has 90 valence electrons. The zero-order valence-electron chi connectivity index (χ0n) is 10.8. The molecule has 0 aliphatic carbocycles. The molecule has 0 aromatic carbocycles. The van der Waals surface area contributed by atoms with E-state index in [2.05, 4.69) is 31.0 Å². The maximum atomic E-state index is 3.57. The molecule has 0 aromatic heterocycles. The summed E-state index contributed by atoms with van der Waals surface area (Å²) in [5, 5.41) is 3.57. The van der Waals surface area contributed by atoms with Crippen LogP contribution in [0.15, 0.2) is 0 Å². The maximum absolute atomic E-state index is 3.57. The summed E-state index contributed by atoms with van der Waals surface area (Å²) in [5.41, 5.74) is 0. The van der Waals surface area contributed by atoms with Gasteiger partial charge in [-0.1, -0.05) is 6.92 Å². The normalized spacial score (nSPS) is 21.8. The number of rotatable bonds is 7. The average Bonchev–Trinajstić information content (AvgIpc) is 2.69. The van der Waals surface area contributed by atoms with E-state index in [4.69, 9.17) is 0 Å². The van der Waals surface area contributed by atoms with Crippen molar-refractivity contribution in [2.75, 3.05) is 19.6 Å². The maximum Gasteiger partial charge on any atom is 0.00680 e. The lowest BCUT2D eigenvalue weighted by Gasteiger charge is -2.26. The highest BCUT2D eigenvalue weighted by Gasteiger charge is 2.14. The zero-order chi connectivity index (χ0) is 11.1. The summed E-state index contributed by atoms with van der Waals surface area (Å²) in [6.45, 7) is 10.7. The van der Waals surface area contributed by atoms with Crippen LogP contribution in [0.5, 0.6) is 0 Å². The summed E-state index contributed by atoms with van der Waals surface area (Å²) < 4.78 is 0. The highest BCUT2D eigenvalue weighted by Crippen LogP contribution is 2.12. The van der Waals surface area contributed by atoms with Gasteiger partial charge in [-0.05, 0) is 65.6 Å². The second-order valence-corrected chi connectivity index (χ2v) is 5.07. The van der Waals surface area contributed by atoms with Gasteiger partial charge in [0.25, 0.3) is 0 Å². The number of nitrogens with one attached hydrogen (secondary N) is 1. The molecule has 15 heavy (non-hydrogen) atoms. The Morgan fingerprint density at radius 1 is 1.33 bits per heavy atom. The van der Waals surface area contributed by atoms with Crippen molar-refractivity contribution in [1.29, 1.82) is 0 Å². The lowest BCUT2D eigenvalue weighted by Crippen LogP contribution is -2.33. The van der Waals surface area contributed by atoms with E-state index < -0.39 is 0 Å². The van der Waals surface area contributed by atoms with Crippen molar-refractivity contribution in [3.05, 3.63) is 0 Å². The van der Waals surface area contributed by atoms with Gasteiger partial charge in [0.1, 0.15) is 0 Å².